The van der Waals surface area contributed by atoms with Gasteiger partial charge in [0.05, 0.1) is 24.6 Å². The van der Waals surface area contributed by atoms with Crippen LogP contribution >= 0.6 is 0 Å². The number of Topliss-reactive ketones (excluding diaryl/α,β-unsaturated/α-hetero) is 1. The second-order valence-electron chi connectivity index (χ2n) is 8.16. The Kier molecular flexibility index (Phi) is 5.43. The number of aromatic nitrogens is 2. The summed E-state index contributed by atoms with van der Waals surface area (Å²) in [5.74, 6) is 3.06. The van der Waals surface area contributed by atoms with Crippen LogP contribution in [0.4, 0.5) is 17.5 Å². The zero-order valence-electron chi connectivity index (χ0n) is 18.4. The second-order valence-corrected chi connectivity index (χ2v) is 8.16. The van der Waals surface area contributed by atoms with Gasteiger partial charge in [0.15, 0.2) is 5.78 Å². The van der Waals surface area contributed by atoms with E-state index in [1.54, 1.807) is 20.4 Å². The summed E-state index contributed by atoms with van der Waals surface area (Å²) < 4.78 is 10.9. The van der Waals surface area contributed by atoms with Crippen molar-refractivity contribution in [2.45, 2.75) is 18.8 Å². The van der Waals surface area contributed by atoms with Crippen LogP contribution in [0.2, 0.25) is 0 Å². The number of ketones is 1. The number of nitrogens with one attached hydrogen (secondary N) is 1. The van der Waals surface area contributed by atoms with Crippen molar-refractivity contribution in [2.24, 2.45) is 0 Å². The van der Waals surface area contributed by atoms with Crippen molar-refractivity contribution < 1.29 is 13.9 Å². The summed E-state index contributed by atoms with van der Waals surface area (Å²) in [7, 11) is 3.49. The SMILES string of the molecule is CNc1nc(N2CCN(c3cccc(OC)c3)CC2)nc2c1C(=O)C[C@H](c1ccco1)C2. The van der Waals surface area contributed by atoms with Crippen molar-refractivity contribution in [2.75, 3.05) is 55.5 Å². The van der Waals surface area contributed by atoms with E-state index in [2.05, 4.69) is 27.2 Å². The van der Waals surface area contributed by atoms with Gasteiger partial charge in [-0.1, -0.05) is 6.07 Å². The first-order chi connectivity index (χ1) is 15.7. The van der Waals surface area contributed by atoms with Crippen molar-refractivity contribution in [1.82, 2.24) is 9.97 Å². The predicted octanol–water partition coefficient (Wildman–Crippen LogP) is 3.36. The Bertz CT molecular complexity index is 1110. The van der Waals surface area contributed by atoms with E-state index in [0.717, 1.165) is 49.1 Å². The minimum atomic E-state index is 0.0161. The zero-order valence-corrected chi connectivity index (χ0v) is 18.4. The Morgan fingerprint density at radius 3 is 2.59 bits per heavy atom. The molecule has 0 unspecified atom stereocenters. The molecule has 8 nitrogen and oxygen atoms in total. The van der Waals surface area contributed by atoms with Crippen molar-refractivity contribution in [3.63, 3.8) is 0 Å². The van der Waals surface area contributed by atoms with Gasteiger partial charge < -0.3 is 24.3 Å². The van der Waals surface area contributed by atoms with Gasteiger partial charge in [-0.05, 0) is 24.3 Å². The molecule has 3 aromatic rings. The first kappa shape index (κ1) is 20.4. The fourth-order valence-electron chi connectivity index (χ4n) is 4.59. The van der Waals surface area contributed by atoms with Crippen LogP contribution in [-0.2, 0) is 6.42 Å². The first-order valence-electron chi connectivity index (χ1n) is 11.0. The Labute approximate surface area is 187 Å². The Morgan fingerprint density at radius 2 is 1.88 bits per heavy atom. The highest BCUT2D eigenvalue weighted by atomic mass is 16.5. The maximum absolute atomic E-state index is 12.9. The Balaban J connectivity index is 1.37. The number of fused-ring (bicyclic) bond motifs is 1. The van der Waals surface area contributed by atoms with Crippen LogP contribution in [0.5, 0.6) is 5.75 Å². The lowest BCUT2D eigenvalue weighted by molar-refractivity contribution is 0.0959. The highest BCUT2D eigenvalue weighted by Gasteiger charge is 2.33. The molecule has 8 heteroatoms. The number of carbonyl (C=O) groups is 1. The van der Waals surface area contributed by atoms with Crippen molar-refractivity contribution in [3.8, 4) is 5.75 Å². The molecular weight excluding hydrogens is 406 g/mol. The van der Waals surface area contributed by atoms with Gasteiger partial charge in [-0.2, -0.15) is 4.98 Å². The summed E-state index contributed by atoms with van der Waals surface area (Å²) in [5, 5.41) is 3.12. The van der Waals surface area contributed by atoms with E-state index in [4.69, 9.17) is 19.1 Å². The second kappa shape index (κ2) is 8.53. The van der Waals surface area contributed by atoms with Gasteiger partial charge in [0, 0.05) is 63.7 Å². The monoisotopic (exact) mass is 433 g/mol. The standard InChI is InChI=1S/C24H27N5O3/c1-25-23-22-19(13-16(14-20(22)30)21-7-4-12-32-21)26-24(27-23)29-10-8-28(9-11-29)17-5-3-6-18(15-17)31-2/h3-7,12,15-16H,8-11,13-14H2,1-2H3,(H,25,26,27)/t16-/m1/s1. The number of furan rings is 1. The van der Waals surface area contributed by atoms with Crippen LogP contribution in [-0.4, -0.2) is 56.1 Å². The van der Waals surface area contributed by atoms with E-state index in [9.17, 15) is 4.79 Å². The van der Waals surface area contributed by atoms with E-state index in [0.29, 0.717) is 30.2 Å². The molecule has 5 rings (SSSR count). The summed E-state index contributed by atoms with van der Waals surface area (Å²) in [6, 6.07) is 11.9. The Hall–Kier alpha value is -3.55. The van der Waals surface area contributed by atoms with Crippen LogP contribution in [0.1, 0.15) is 34.2 Å². The van der Waals surface area contributed by atoms with Gasteiger partial charge >= 0.3 is 0 Å². The number of piperazine rings is 1. The molecule has 0 spiro atoms. The van der Waals surface area contributed by atoms with Gasteiger partial charge in [-0.3, -0.25) is 4.79 Å². The molecule has 1 fully saturated rings. The lowest BCUT2D eigenvalue weighted by Gasteiger charge is -2.36. The summed E-state index contributed by atoms with van der Waals surface area (Å²) in [6.07, 6.45) is 2.74. The van der Waals surface area contributed by atoms with E-state index in [1.165, 1.54) is 0 Å². The minimum absolute atomic E-state index is 0.0161. The molecule has 1 saturated heterocycles. The van der Waals surface area contributed by atoms with E-state index >= 15 is 0 Å². The average Bonchev–Trinajstić information content (AvgIpc) is 3.38. The molecule has 0 radical (unpaired) electrons. The number of hydrogen-bond acceptors (Lipinski definition) is 8. The van der Waals surface area contributed by atoms with Gasteiger partial charge in [-0.25, -0.2) is 4.98 Å². The number of rotatable bonds is 5. The molecule has 0 saturated carbocycles. The molecule has 3 heterocycles. The highest BCUT2D eigenvalue weighted by Crippen LogP contribution is 2.35. The maximum atomic E-state index is 12.9. The van der Waals surface area contributed by atoms with E-state index < -0.39 is 0 Å². The Morgan fingerprint density at radius 1 is 1.06 bits per heavy atom. The topological polar surface area (TPSA) is 83.7 Å². The van der Waals surface area contributed by atoms with Crippen molar-refractivity contribution >= 4 is 23.2 Å². The summed E-state index contributed by atoms with van der Waals surface area (Å²) in [4.78, 5) is 27.0. The van der Waals surface area contributed by atoms with E-state index in [1.807, 2.05) is 24.3 Å². The number of methoxy groups -OCH3 is 1. The number of hydrogen-bond donors (Lipinski definition) is 1. The fraction of sp³-hybridized carbons (Fsp3) is 0.375. The molecule has 2 aliphatic rings. The normalized spacial score (nSPS) is 18.4. The third kappa shape index (κ3) is 3.77. The molecule has 2 aromatic heterocycles. The van der Waals surface area contributed by atoms with Crippen LogP contribution in [0, 0.1) is 0 Å². The molecule has 0 amide bonds. The predicted molar refractivity (Wildman–Crippen MR) is 123 cm³/mol. The number of benzene rings is 1. The number of ether oxygens (including phenoxy) is 1. The van der Waals surface area contributed by atoms with Gasteiger partial charge in [0.25, 0.3) is 0 Å². The number of carbonyl (C=O) groups excluding carboxylic acids is 1. The zero-order chi connectivity index (χ0) is 22.1. The molecule has 0 bridgehead atoms. The summed E-state index contributed by atoms with van der Waals surface area (Å²) in [6.45, 7) is 3.32. The molecule has 1 atom stereocenters. The molecule has 32 heavy (non-hydrogen) atoms. The minimum Gasteiger partial charge on any atom is -0.497 e. The third-order valence-electron chi connectivity index (χ3n) is 6.29. The van der Waals surface area contributed by atoms with Crippen LogP contribution < -0.4 is 19.9 Å². The highest BCUT2D eigenvalue weighted by molar-refractivity contribution is 6.03. The van der Waals surface area contributed by atoms with Gasteiger partial charge in [0.2, 0.25) is 5.95 Å². The van der Waals surface area contributed by atoms with Crippen LogP contribution in [0.15, 0.2) is 47.1 Å². The molecule has 1 aliphatic carbocycles. The molecule has 1 aliphatic heterocycles. The van der Waals surface area contributed by atoms with Crippen molar-refractivity contribution in [3.05, 3.63) is 59.7 Å². The lowest BCUT2D eigenvalue weighted by Crippen LogP contribution is -2.47. The van der Waals surface area contributed by atoms with Gasteiger partial charge in [0.1, 0.15) is 17.3 Å². The summed E-state index contributed by atoms with van der Waals surface area (Å²) >= 11 is 0. The number of nitrogens with zero attached hydrogens (tertiary/aromatic N) is 4. The maximum Gasteiger partial charge on any atom is 0.227 e. The molecule has 1 aromatic carbocycles. The van der Waals surface area contributed by atoms with Gasteiger partial charge in [-0.15, -0.1) is 0 Å². The average molecular weight is 434 g/mol. The first-order valence-corrected chi connectivity index (χ1v) is 11.0. The summed E-state index contributed by atoms with van der Waals surface area (Å²) in [5.41, 5.74) is 2.57. The molecular formula is C24H27N5O3. The molecule has 166 valence electrons. The quantitative estimate of drug-likeness (QED) is 0.656. The lowest BCUT2D eigenvalue weighted by atomic mass is 9.84. The number of anilines is 3. The fourth-order valence-corrected chi connectivity index (χ4v) is 4.59. The largest absolute Gasteiger partial charge is 0.497 e. The van der Waals surface area contributed by atoms with Crippen LogP contribution in [0.25, 0.3) is 0 Å². The third-order valence-corrected chi connectivity index (χ3v) is 6.29. The van der Waals surface area contributed by atoms with E-state index in [-0.39, 0.29) is 11.7 Å². The smallest absolute Gasteiger partial charge is 0.227 e. The molecule has 1 N–H and O–H groups in total. The van der Waals surface area contributed by atoms with Crippen LogP contribution in [0.3, 0.4) is 0 Å². The van der Waals surface area contributed by atoms with Crippen molar-refractivity contribution in [1.29, 1.82) is 0 Å².